The van der Waals surface area contributed by atoms with Crippen molar-refractivity contribution in [2.24, 2.45) is 29.1 Å². The van der Waals surface area contributed by atoms with Crippen LogP contribution in [0.1, 0.15) is 44.9 Å². The maximum atomic E-state index is 8.87. The zero-order chi connectivity index (χ0) is 11.2. The Bertz CT molecular complexity index is 289. The third kappa shape index (κ3) is 1.47. The van der Waals surface area contributed by atoms with E-state index in [4.69, 9.17) is 5.26 Å². The quantitative estimate of drug-likeness (QED) is 0.714. The van der Waals surface area contributed by atoms with Crippen LogP contribution in [0.15, 0.2) is 0 Å². The third-order valence-electron chi connectivity index (χ3n) is 5.72. The second-order valence-corrected chi connectivity index (χ2v) is 6.89. The number of rotatable bonds is 3. The van der Waals surface area contributed by atoms with Gasteiger partial charge in [-0.15, -0.1) is 0 Å². The summed E-state index contributed by atoms with van der Waals surface area (Å²) in [6, 6.07) is 2.36. The molecule has 0 unspecified atom stereocenters. The van der Waals surface area contributed by atoms with Crippen LogP contribution in [0, 0.1) is 40.4 Å². The van der Waals surface area contributed by atoms with Crippen LogP contribution in [0.2, 0.25) is 0 Å². The van der Waals surface area contributed by atoms with Crippen molar-refractivity contribution in [1.29, 1.82) is 5.26 Å². The number of alkyl halides is 1. The van der Waals surface area contributed by atoms with Gasteiger partial charge in [-0.05, 0) is 67.6 Å². The summed E-state index contributed by atoms with van der Waals surface area (Å²) in [5.41, 5.74) is 0.489. The molecule has 0 saturated heterocycles. The largest absolute Gasteiger partial charge is 0.198 e. The second kappa shape index (κ2) is 4.02. The Morgan fingerprint density at radius 1 is 1.06 bits per heavy atom. The van der Waals surface area contributed by atoms with Crippen LogP contribution in [0.3, 0.4) is 0 Å². The second-order valence-electron chi connectivity index (χ2n) is 6.33. The summed E-state index contributed by atoms with van der Waals surface area (Å²) in [6.07, 6.45) is 9.27. The number of halogens is 1. The minimum absolute atomic E-state index is 0.489. The van der Waals surface area contributed by atoms with E-state index in [1.165, 1.54) is 32.1 Å². The van der Waals surface area contributed by atoms with E-state index in [1.54, 1.807) is 0 Å². The molecule has 0 amide bonds. The molecule has 4 bridgehead atoms. The van der Waals surface area contributed by atoms with Crippen molar-refractivity contribution >= 4 is 15.9 Å². The van der Waals surface area contributed by atoms with E-state index >= 15 is 0 Å². The van der Waals surface area contributed by atoms with Gasteiger partial charge in [-0.1, -0.05) is 15.9 Å². The number of hydrogen-bond donors (Lipinski definition) is 0. The van der Waals surface area contributed by atoms with Crippen molar-refractivity contribution in [3.05, 3.63) is 0 Å². The van der Waals surface area contributed by atoms with Crippen LogP contribution >= 0.6 is 15.9 Å². The predicted molar refractivity (Wildman–Crippen MR) is 68.1 cm³/mol. The van der Waals surface area contributed by atoms with Gasteiger partial charge in [0.25, 0.3) is 0 Å². The summed E-state index contributed by atoms with van der Waals surface area (Å²) < 4.78 is 0. The van der Waals surface area contributed by atoms with Gasteiger partial charge in [0, 0.05) is 11.8 Å². The van der Waals surface area contributed by atoms with Crippen LogP contribution in [-0.2, 0) is 0 Å². The SMILES string of the molecule is N#CCCC1(CBr)C2CC3CC(C2)CC1C3. The highest BCUT2D eigenvalue weighted by Crippen LogP contribution is 2.64. The van der Waals surface area contributed by atoms with Gasteiger partial charge in [-0.3, -0.25) is 0 Å². The van der Waals surface area contributed by atoms with Crippen molar-refractivity contribution in [2.75, 3.05) is 5.33 Å². The molecule has 4 fully saturated rings. The summed E-state index contributed by atoms with van der Waals surface area (Å²) >= 11 is 3.78. The molecule has 0 atom stereocenters. The van der Waals surface area contributed by atoms with Crippen LogP contribution in [0.25, 0.3) is 0 Å². The third-order valence-corrected chi connectivity index (χ3v) is 6.76. The number of nitriles is 1. The Balaban J connectivity index is 1.85. The number of nitrogens with zero attached hydrogens (tertiary/aromatic N) is 1. The van der Waals surface area contributed by atoms with Gasteiger partial charge in [0.05, 0.1) is 6.07 Å². The first-order valence-electron chi connectivity index (χ1n) is 6.71. The molecule has 4 aliphatic rings. The van der Waals surface area contributed by atoms with Gasteiger partial charge in [0.1, 0.15) is 0 Å². The Kier molecular flexibility index (Phi) is 2.78. The van der Waals surface area contributed by atoms with Crippen LogP contribution in [0.4, 0.5) is 0 Å². The van der Waals surface area contributed by atoms with Crippen LogP contribution in [-0.4, -0.2) is 5.33 Å². The minimum Gasteiger partial charge on any atom is -0.198 e. The van der Waals surface area contributed by atoms with Crippen LogP contribution in [0.5, 0.6) is 0 Å². The van der Waals surface area contributed by atoms with Crippen molar-refractivity contribution in [3.63, 3.8) is 0 Å². The molecule has 0 aromatic carbocycles. The predicted octanol–water partition coefficient (Wildman–Crippen LogP) is 4.13. The molecule has 16 heavy (non-hydrogen) atoms. The lowest BCUT2D eigenvalue weighted by Gasteiger charge is -2.61. The maximum Gasteiger partial charge on any atom is 0.0621 e. The molecule has 0 heterocycles. The summed E-state index contributed by atoms with van der Waals surface area (Å²) in [5, 5.41) is 10.0. The number of hydrogen-bond acceptors (Lipinski definition) is 1. The highest BCUT2D eigenvalue weighted by Gasteiger charge is 2.55. The molecular formula is C14H20BrN. The molecular weight excluding hydrogens is 262 g/mol. The lowest BCUT2D eigenvalue weighted by molar-refractivity contribution is -0.0980. The van der Waals surface area contributed by atoms with Gasteiger partial charge in [-0.25, -0.2) is 0 Å². The highest BCUT2D eigenvalue weighted by atomic mass is 79.9. The van der Waals surface area contributed by atoms with Gasteiger partial charge in [0.15, 0.2) is 0 Å². The van der Waals surface area contributed by atoms with E-state index in [0.717, 1.165) is 41.8 Å². The smallest absolute Gasteiger partial charge is 0.0621 e. The van der Waals surface area contributed by atoms with E-state index in [1.807, 2.05) is 0 Å². The molecule has 4 saturated carbocycles. The molecule has 4 rings (SSSR count). The molecule has 0 spiro atoms. The molecule has 0 aromatic rings. The van der Waals surface area contributed by atoms with E-state index in [9.17, 15) is 0 Å². The van der Waals surface area contributed by atoms with E-state index < -0.39 is 0 Å². The fourth-order valence-electron chi connectivity index (χ4n) is 5.10. The zero-order valence-electron chi connectivity index (χ0n) is 9.79. The van der Waals surface area contributed by atoms with Crippen LogP contribution < -0.4 is 0 Å². The van der Waals surface area contributed by atoms with Gasteiger partial charge in [-0.2, -0.15) is 5.26 Å². The van der Waals surface area contributed by atoms with Gasteiger partial charge in [0.2, 0.25) is 0 Å². The van der Waals surface area contributed by atoms with E-state index in [0.29, 0.717) is 5.41 Å². The van der Waals surface area contributed by atoms with Crippen molar-refractivity contribution < 1.29 is 0 Å². The molecule has 0 radical (unpaired) electrons. The highest BCUT2D eigenvalue weighted by molar-refractivity contribution is 9.09. The topological polar surface area (TPSA) is 23.8 Å². The maximum absolute atomic E-state index is 8.87. The summed E-state index contributed by atoms with van der Waals surface area (Å²) in [6.45, 7) is 0. The van der Waals surface area contributed by atoms with Crippen molar-refractivity contribution in [1.82, 2.24) is 0 Å². The molecule has 2 heteroatoms. The minimum atomic E-state index is 0.489. The molecule has 0 aliphatic heterocycles. The van der Waals surface area contributed by atoms with E-state index in [-0.39, 0.29) is 0 Å². The summed E-state index contributed by atoms with van der Waals surface area (Å²) in [4.78, 5) is 0. The van der Waals surface area contributed by atoms with Crippen molar-refractivity contribution in [3.8, 4) is 6.07 Å². The van der Waals surface area contributed by atoms with Gasteiger partial charge >= 0.3 is 0 Å². The standard InChI is InChI=1S/C14H20BrN/c15-9-14(2-1-3-16)12-5-10-4-11(7-12)8-13(14)6-10/h10-13H,1-2,4-9H2. The Labute approximate surface area is 107 Å². The first-order chi connectivity index (χ1) is 7.78. The molecule has 1 nitrogen and oxygen atoms in total. The summed E-state index contributed by atoms with van der Waals surface area (Å²) in [5.74, 6) is 3.93. The lowest BCUT2D eigenvalue weighted by Crippen LogP contribution is -2.53. The Morgan fingerprint density at radius 3 is 2.06 bits per heavy atom. The lowest BCUT2D eigenvalue weighted by atomic mass is 9.45. The fraction of sp³-hybridized carbons (Fsp3) is 0.929. The monoisotopic (exact) mass is 281 g/mol. The molecule has 88 valence electrons. The zero-order valence-corrected chi connectivity index (χ0v) is 11.4. The Hall–Kier alpha value is -0.0300. The normalized spacial score (nSPS) is 49.2. The average molecular weight is 282 g/mol. The fourth-order valence-corrected chi connectivity index (χ4v) is 6.30. The first-order valence-corrected chi connectivity index (χ1v) is 7.83. The van der Waals surface area contributed by atoms with Gasteiger partial charge < -0.3 is 0 Å². The van der Waals surface area contributed by atoms with Crippen molar-refractivity contribution in [2.45, 2.75) is 44.9 Å². The summed E-state index contributed by atoms with van der Waals surface area (Å²) in [7, 11) is 0. The average Bonchev–Trinajstić information content (AvgIpc) is 2.28. The molecule has 0 N–H and O–H groups in total. The Morgan fingerprint density at radius 2 is 1.62 bits per heavy atom. The molecule has 0 aromatic heterocycles. The molecule has 4 aliphatic carbocycles. The van der Waals surface area contributed by atoms with E-state index in [2.05, 4.69) is 22.0 Å². The first kappa shape index (κ1) is 11.1.